The van der Waals surface area contributed by atoms with E-state index in [9.17, 15) is 0 Å². The average Bonchev–Trinajstić information content (AvgIpc) is 2.80. The van der Waals surface area contributed by atoms with E-state index in [-0.39, 0.29) is 5.54 Å². The highest BCUT2D eigenvalue weighted by atomic mass is 16.5. The smallest absolute Gasteiger partial charge is 0.191 e. The molecule has 2 N–H and O–H groups in total. The van der Waals surface area contributed by atoms with Gasteiger partial charge in [0.05, 0.1) is 20.3 Å². The van der Waals surface area contributed by atoms with Crippen molar-refractivity contribution in [3.8, 4) is 5.75 Å². The van der Waals surface area contributed by atoms with Gasteiger partial charge in [-0.05, 0) is 24.5 Å². The van der Waals surface area contributed by atoms with Crippen molar-refractivity contribution >= 4 is 5.96 Å². The van der Waals surface area contributed by atoms with E-state index in [2.05, 4.69) is 39.6 Å². The number of hydrogen-bond donors (Lipinski definition) is 2. The topological polar surface area (TPSA) is 58.1 Å². The van der Waals surface area contributed by atoms with Gasteiger partial charge in [0.15, 0.2) is 5.96 Å². The van der Waals surface area contributed by atoms with Crippen LogP contribution >= 0.6 is 0 Å². The van der Waals surface area contributed by atoms with E-state index < -0.39 is 0 Å². The van der Waals surface area contributed by atoms with E-state index in [1.807, 2.05) is 19.2 Å². The Morgan fingerprint density at radius 3 is 2.59 bits per heavy atom. The zero-order valence-corrected chi connectivity index (χ0v) is 18.4. The van der Waals surface area contributed by atoms with Crippen LogP contribution in [0.4, 0.5) is 0 Å². The lowest BCUT2D eigenvalue weighted by atomic mass is 9.80. The largest absolute Gasteiger partial charge is 0.496 e. The van der Waals surface area contributed by atoms with Crippen LogP contribution in [0.1, 0.15) is 50.5 Å². The van der Waals surface area contributed by atoms with Gasteiger partial charge >= 0.3 is 0 Å². The molecule has 2 aliphatic rings. The Bertz CT molecular complexity index is 652. The molecular formula is C23H38N4O2. The zero-order valence-electron chi connectivity index (χ0n) is 18.4. The molecule has 3 rings (SSSR count). The molecule has 1 unspecified atom stereocenters. The molecule has 162 valence electrons. The molecule has 6 heteroatoms. The monoisotopic (exact) mass is 402 g/mol. The first-order chi connectivity index (χ1) is 14.2. The van der Waals surface area contributed by atoms with Crippen LogP contribution in [0.15, 0.2) is 29.3 Å². The van der Waals surface area contributed by atoms with E-state index in [0.717, 1.165) is 51.1 Å². The number of nitrogens with zero attached hydrogens (tertiary/aromatic N) is 2. The minimum absolute atomic E-state index is 0.230. The summed E-state index contributed by atoms with van der Waals surface area (Å²) in [6.07, 6.45) is 6.50. The highest BCUT2D eigenvalue weighted by Gasteiger charge is 2.38. The summed E-state index contributed by atoms with van der Waals surface area (Å²) >= 11 is 0. The van der Waals surface area contributed by atoms with Gasteiger partial charge in [-0.2, -0.15) is 0 Å². The number of nitrogens with one attached hydrogen (secondary N) is 2. The number of benzene rings is 1. The van der Waals surface area contributed by atoms with Crippen molar-refractivity contribution in [3.05, 3.63) is 29.8 Å². The van der Waals surface area contributed by atoms with Gasteiger partial charge in [-0.15, -0.1) is 0 Å². The summed E-state index contributed by atoms with van der Waals surface area (Å²) in [5, 5.41) is 7.16. The molecule has 0 spiro atoms. The van der Waals surface area contributed by atoms with Crippen molar-refractivity contribution in [1.82, 2.24) is 15.5 Å². The van der Waals surface area contributed by atoms with Crippen molar-refractivity contribution in [3.63, 3.8) is 0 Å². The van der Waals surface area contributed by atoms with Crippen LogP contribution in [0.5, 0.6) is 5.75 Å². The Balaban J connectivity index is 1.57. The molecule has 1 aliphatic heterocycles. The van der Waals surface area contributed by atoms with Crippen molar-refractivity contribution in [2.75, 3.05) is 53.6 Å². The maximum absolute atomic E-state index is 5.60. The van der Waals surface area contributed by atoms with Gasteiger partial charge in [0.1, 0.15) is 5.75 Å². The second-order valence-electron chi connectivity index (χ2n) is 8.33. The fraction of sp³-hybridized carbons (Fsp3) is 0.696. The van der Waals surface area contributed by atoms with Gasteiger partial charge in [0, 0.05) is 44.7 Å². The van der Waals surface area contributed by atoms with Gasteiger partial charge in [0.2, 0.25) is 0 Å². The van der Waals surface area contributed by atoms with E-state index in [4.69, 9.17) is 9.47 Å². The Hall–Kier alpha value is -1.79. The van der Waals surface area contributed by atoms with Crippen LogP contribution in [-0.4, -0.2) is 69.9 Å². The molecule has 1 saturated carbocycles. The molecule has 0 radical (unpaired) electrons. The molecule has 29 heavy (non-hydrogen) atoms. The third-order valence-corrected chi connectivity index (χ3v) is 6.52. The summed E-state index contributed by atoms with van der Waals surface area (Å²) in [4.78, 5) is 7.14. The standard InChI is InChI=1S/C23H38N4O2/c1-19(20-9-5-6-10-21(20)28-3)17-25-22(24-2)26-18-23(11-7-4-8-12-23)27-13-15-29-16-14-27/h5-6,9-10,19H,4,7-8,11-18H2,1-3H3,(H2,24,25,26). The Labute approximate surface area is 176 Å². The number of morpholine rings is 1. The van der Waals surface area contributed by atoms with Crippen molar-refractivity contribution in [2.24, 2.45) is 4.99 Å². The van der Waals surface area contributed by atoms with Crippen LogP contribution in [0.3, 0.4) is 0 Å². The van der Waals surface area contributed by atoms with E-state index in [1.54, 1.807) is 7.11 Å². The van der Waals surface area contributed by atoms with Crippen LogP contribution in [-0.2, 0) is 4.74 Å². The number of methoxy groups -OCH3 is 1. The highest BCUT2D eigenvalue weighted by Crippen LogP contribution is 2.34. The summed E-state index contributed by atoms with van der Waals surface area (Å²) in [5.74, 6) is 2.15. The number of rotatable bonds is 7. The number of ether oxygens (including phenoxy) is 2. The summed E-state index contributed by atoms with van der Waals surface area (Å²) in [6.45, 7) is 7.75. The van der Waals surface area contributed by atoms with Gasteiger partial charge in [-0.1, -0.05) is 44.4 Å². The molecule has 1 aliphatic carbocycles. The first kappa shape index (κ1) is 21.9. The maximum Gasteiger partial charge on any atom is 0.191 e. The lowest BCUT2D eigenvalue weighted by Gasteiger charge is -2.48. The van der Waals surface area contributed by atoms with Crippen molar-refractivity contribution < 1.29 is 9.47 Å². The summed E-state index contributed by atoms with van der Waals surface area (Å²) < 4.78 is 11.1. The maximum atomic E-state index is 5.60. The third-order valence-electron chi connectivity index (χ3n) is 6.52. The van der Waals surface area contributed by atoms with Crippen LogP contribution in [0.2, 0.25) is 0 Å². The minimum atomic E-state index is 0.230. The van der Waals surface area contributed by atoms with Crippen molar-refractivity contribution in [2.45, 2.75) is 50.5 Å². The highest BCUT2D eigenvalue weighted by molar-refractivity contribution is 5.79. The molecule has 0 aromatic heterocycles. The second kappa shape index (κ2) is 10.8. The summed E-state index contributed by atoms with van der Waals surface area (Å²) in [6, 6.07) is 8.24. The number of guanidine groups is 1. The van der Waals surface area contributed by atoms with Crippen molar-refractivity contribution in [1.29, 1.82) is 0 Å². The van der Waals surface area contributed by atoms with Gasteiger partial charge in [-0.25, -0.2) is 0 Å². The Morgan fingerprint density at radius 1 is 1.17 bits per heavy atom. The van der Waals surface area contributed by atoms with Crippen LogP contribution < -0.4 is 15.4 Å². The predicted molar refractivity (Wildman–Crippen MR) is 119 cm³/mol. The molecule has 2 fully saturated rings. The molecule has 1 aromatic carbocycles. The van der Waals surface area contributed by atoms with E-state index >= 15 is 0 Å². The predicted octanol–water partition coefficient (Wildman–Crippen LogP) is 3.00. The fourth-order valence-electron chi connectivity index (χ4n) is 4.75. The molecule has 0 bridgehead atoms. The molecule has 1 atom stereocenters. The lowest BCUT2D eigenvalue weighted by Crippen LogP contribution is -2.60. The number of aliphatic imine (C=N–C) groups is 1. The van der Waals surface area contributed by atoms with Crippen LogP contribution in [0, 0.1) is 0 Å². The molecule has 1 aromatic rings. The van der Waals surface area contributed by atoms with E-state index in [1.165, 1.54) is 37.7 Å². The fourth-order valence-corrected chi connectivity index (χ4v) is 4.75. The normalized spacial score (nSPS) is 21.4. The SMILES string of the molecule is CN=C(NCC(C)c1ccccc1OC)NCC1(N2CCOCC2)CCCCC1. The Morgan fingerprint density at radius 2 is 1.90 bits per heavy atom. The molecular weight excluding hydrogens is 364 g/mol. The first-order valence-corrected chi connectivity index (χ1v) is 11.1. The van der Waals surface area contributed by atoms with Crippen LogP contribution in [0.25, 0.3) is 0 Å². The molecule has 1 saturated heterocycles. The van der Waals surface area contributed by atoms with Gasteiger partial charge in [-0.3, -0.25) is 9.89 Å². The minimum Gasteiger partial charge on any atom is -0.496 e. The molecule has 0 amide bonds. The lowest BCUT2D eigenvalue weighted by molar-refractivity contribution is -0.0352. The second-order valence-corrected chi connectivity index (χ2v) is 8.33. The Kier molecular flexibility index (Phi) is 8.19. The average molecular weight is 403 g/mol. The van der Waals surface area contributed by atoms with Gasteiger partial charge in [0.25, 0.3) is 0 Å². The zero-order chi connectivity index (χ0) is 20.5. The number of hydrogen-bond acceptors (Lipinski definition) is 4. The van der Waals surface area contributed by atoms with E-state index in [0.29, 0.717) is 5.92 Å². The summed E-state index contributed by atoms with van der Waals surface area (Å²) in [7, 11) is 3.58. The molecule has 6 nitrogen and oxygen atoms in total. The third kappa shape index (κ3) is 5.64. The first-order valence-electron chi connectivity index (χ1n) is 11.1. The summed E-state index contributed by atoms with van der Waals surface area (Å²) in [5.41, 5.74) is 1.45. The number of para-hydroxylation sites is 1. The van der Waals surface area contributed by atoms with Gasteiger partial charge < -0.3 is 20.1 Å². The molecule has 1 heterocycles. The quantitative estimate of drug-likeness (QED) is 0.542.